The van der Waals surface area contributed by atoms with E-state index in [4.69, 9.17) is 0 Å². The molecule has 0 heterocycles. The molecular formula is C27H39F. The molecule has 28 heavy (non-hydrogen) atoms. The van der Waals surface area contributed by atoms with E-state index in [0.29, 0.717) is 0 Å². The van der Waals surface area contributed by atoms with Crippen LogP contribution in [0.1, 0.15) is 88.7 Å². The Morgan fingerprint density at radius 3 is 2.04 bits per heavy atom. The van der Waals surface area contributed by atoms with E-state index in [0.717, 1.165) is 47.8 Å². The van der Waals surface area contributed by atoms with Crippen LogP contribution >= 0.6 is 0 Å². The normalized spacial score (nSPS) is 41.1. The van der Waals surface area contributed by atoms with Crippen LogP contribution in [-0.2, 0) is 12.8 Å². The fourth-order valence-electron chi connectivity index (χ4n) is 7.83. The van der Waals surface area contributed by atoms with Crippen LogP contribution in [0.2, 0.25) is 0 Å². The minimum Gasteiger partial charge on any atom is -0.207 e. The lowest BCUT2D eigenvalue weighted by Gasteiger charge is -2.45. The highest BCUT2D eigenvalue weighted by molar-refractivity contribution is 5.30. The third-order valence-corrected chi connectivity index (χ3v) is 9.50. The highest BCUT2D eigenvalue weighted by Crippen LogP contribution is 2.50. The van der Waals surface area contributed by atoms with Crippen molar-refractivity contribution in [2.24, 2.45) is 41.4 Å². The molecule has 0 N–H and O–H groups in total. The maximum Gasteiger partial charge on any atom is 0.123 e. The van der Waals surface area contributed by atoms with E-state index in [1.54, 1.807) is 18.6 Å². The van der Waals surface area contributed by atoms with Crippen LogP contribution in [0, 0.1) is 47.2 Å². The second-order valence-electron chi connectivity index (χ2n) is 11.1. The van der Waals surface area contributed by atoms with Gasteiger partial charge in [0.2, 0.25) is 0 Å². The van der Waals surface area contributed by atoms with E-state index in [1.807, 2.05) is 0 Å². The van der Waals surface area contributed by atoms with Crippen molar-refractivity contribution in [1.82, 2.24) is 0 Å². The summed E-state index contributed by atoms with van der Waals surface area (Å²) in [6.45, 7) is 2.48. The molecule has 5 unspecified atom stereocenters. The smallest absolute Gasteiger partial charge is 0.123 e. The van der Waals surface area contributed by atoms with E-state index in [9.17, 15) is 4.39 Å². The van der Waals surface area contributed by atoms with Crippen molar-refractivity contribution in [3.8, 4) is 0 Å². The average molecular weight is 383 g/mol. The maximum absolute atomic E-state index is 13.5. The van der Waals surface area contributed by atoms with Crippen LogP contribution < -0.4 is 0 Å². The molecule has 0 amide bonds. The summed E-state index contributed by atoms with van der Waals surface area (Å²) >= 11 is 0. The van der Waals surface area contributed by atoms with Gasteiger partial charge in [0.05, 0.1) is 0 Å². The van der Waals surface area contributed by atoms with Crippen LogP contribution in [0.25, 0.3) is 0 Å². The SMILES string of the molecule is CC1CCC2CC(C3CCC(C4CCc5cc(F)ccc5C4)CC3)CCC2C1. The number of hydrogen-bond donors (Lipinski definition) is 0. The topological polar surface area (TPSA) is 0 Å². The molecule has 0 aromatic heterocycles. The van der Waals surface area contributed by atoms with Crippen LogP contribution in [0.4, 0.5) is 4.39 Å². The Kier molecular flexibility index (Phi) is 5.54. The van der Waals surface area contributed by atoms with Crippen LogP contribution in [0.3, 0.4) is 0 Å². The van der Waals surface area contributed by atoms with Gasteiger partial charge in [0.1, 0.15) is 5.82 Å². The first-order chi connectivity index (χ1) is 13.7. The molecular weight excluding hydrogens is 343 g/mol. The number of benzene rings is 1. The summed E-state index contributed by atoms with van der Waals surface area (Å²) in [4.78, 5) is 0. The third-order valence-electron chi connectivity index (χ3n) is 9.50. The summed E-state index contributed by atoms with van der Waals surface area (Å²) in [7, 11) is 0. The number of halogens is 1. The lowest BCUT2D eigenvalue weighted by molar-refractivity contribution is 0.0575. The minimum atomic E-state index is -0.0557. The van der Waals surface area contributed by atoms with E-state index >= 15 is 0 Å². The molecule has 1 aromatic carbocycles. The Labute approximate surface area is 171 Å². The van der Waals surface area contributed by atoms with Crippen molar-refractivity contribution in [2.45, 2.75) is 90.4 Å². The molecule has 0 aliphatic heterocycles. The van der Waals surface area contributed by atoms with Crippen molar-refractivity contribution < 1.29 is 4.39 Å². The van der Waals surface area contributed by atoms with Crippen molar-refractivity contribution in [2.75, 3.05) is 0 Å². The number of aryl methyl sites for hydroxylation is 1. The lowest BCUT2D eigenvalue weighted by atomic mass is 9.60. The van der Waals surface area contributed by atoms with Gasteiger partial charge >= 0.3 is 0 Å². The summed E-state index contributed by atoms with van der Waals surface area (Å²) in [5, 5.41) is 0. The monoisotopic (exact) mass is 382 g/mol. The Morgan fingerprint density at radius 1 is 0.643 bits per heavy atom. The van der Waals surface area contributed by atoms with Gasteiger partial charge in [-0.25, -0.2) is 4.39 Å². The maximum atomic E-state index is 13.5. The average Bonchev–Trinajstić information content (AvgIpc) is 2.73. The summed E-state index contributed by atoms with van der Waals surface area (Å²) in [6, 6.07) is 5.51. The quantitative estimate of drug-likeness (QED) is 0.494. The molecule has 5 atom stereocenters. The molecule has 1 heteroatoms. The molecule has 0 radical (unpaired) electrons. The summed E-state index contributed by atoms with van der Waals surface area (Å²) in [5.74, 6) is 6.94. The first kappa shape index (κ1) is 19.1. The van der Waals surface area contributed by atoms with E-state index in [2.05, 4.69) is 13.0 Å². The predicted octanol–water partition coefficient (Wildman–Crippen LogP) is 7.59. The highest BCUT2D eigenvalue weighted by Gasteiger charge is 2.39. The first-order valence-electron chi connectivity index (χ1n) is 12.4. The van der Waals surface area contributed by atoms with Crippen LogP contribution in [0.15, 0.2) is 18.2 Å². The van der Waals surface area contributed by atoms with Crippen molar-refractivity contribution >= 4 is 0 Å². The van der Waals surface area contributed by atoms with Gasteiger partial charge < -0.3 is 0 Å². The van der Waals surface area contributed by atoms with E-state index in [1.165, 1.54) is 81.8 Å². The molecule has 3 saturated carbocycles. The zero-order chi connectivity index (χ0) is 19.1. The zero-order valence-electron chi connectivity index (χ0n) is 17.8. The van der Waals surface area contributed by atoms with Gasteiger partial charge in [-0.2, -0.15) is 0 Å². The van der Waals surface area contributed by atoms with Gasteiger partial charge in [-0.3, -0.25) is 0 Å². The minimum absolute atomic E-state index is 0.0557. The fraction of sp³-hybridized carbons (Fsp3) is 0.778. The van der Waals surface area contributed by atoms with Gasteiger partial charge in [0.15, 0.2) is 0 Å². The first-order valence-corrected chi connectivity index (χ1v) is 12.4. The molecule has 0 saturated heterocycles. The third kappa shape index (κ3) is 3.92. The van der Waals surface area contributed by atoms with E-state index in [-0.39, 0.29) is 5.82 Å². The van der Waals surface area contributed by atoms with Gasteiger partial charge in [0, 0.05) is 0 Å². The molecule has 0 bridgehead atoms. The lowest BCUT2D eigenvalue weighted by Crippen LogP contribution is -2.35. The molecule has 154 valence electrons. The molecule has 1 aromatic rings. The molecule has 3 fully saturated rings. The van der Waals surface area contributed by atoms with Crippen molar-refractivity contribution in [3.05, 3.63) is 35.1 Å². The summed E-state index contributed by atoms with van der Waals surface area (Å²) < 4.78 is 13.5. The number of hydrogen-bond acceptors (Lipinski definition) is 0. The number of fused-ring (bicyclic) bond motifs is 2. The zero-order valence-corrected chi connectivity index (χ0v) is 17.8. The largest absolute Gasteiger partial charge is 0.207 e. The Bertz CT molecular complexity index is 671. The summed E-state index contributed by atoms with van der Waals surface area (Å²) in [6.07, 6.45) is 18.7. The molecule has 0 nitrogen and oxygen atoms in total. The molecule has 4 aliphatic rings. The van der Waals surface area contributed by atoms with Gasteiger partial charge in [0.25, 0.3) is 0 Å². The van der Waals surface area contributed by atoms with Crippen molar-refractivity contribution in [1.29, 1.82) is 0 Å². The highest BCUT2D eigenvalue weighted by atomic mass is 19.1. The predicted molar refractivity (Wildman–Crippen MR) is 115 cm³/mol. The van der Waals surface area contributed by atoms with Gasteiger partial charge in [-0.1, -0.05) is 19.4 Å². The fourth-order valence-corrected chi connectivity index (χ4v) is 7.83. The Balaban J connectivity index is 1.14. The molecule has 4 aliphatic carbocycles. The van der Waals surface area contributed by atoms with Crippen LogP contribution in [-0.4, -0.2) is 0 Å². The molecule has 5 rings (SSSR count). The standard InChI is InChI=1S/C27H39F/c1-18-2-3-24-15-22(9-8-21(24)14-18)19-4-6-20(7-5-19)23-10-11-26-17-27(28)13-12-25(26)16-23/h12-13,17-24H,2-11,14-16H2,1H3. The second kappa shape index (κ2) is 8.11. The number of rotatable bonds is 2. The van der Waals surface area contributed by atoms with Crippen LogP contribution in [0.5, 0.6) is 0 Å². The molecule has 0 spiro atoms. The summed E-state index contributed by atoms with van der Waals surface area (Å²) in [5.41, 5.74) is 2.72. The van der Waals surface area contributed by atoms with E-state index < -0.39 is 0 Å². The second-order valence-corrected chi connectivity index (χ2v) is 11.1. The van der Waals surface area contributed by atoms with Gasteiger partial charge in [-0.15, -0.1) is 0 Å². The Hall–Kier alpha value is -0.850. The van der Waals surface area contributed by atoms with Crippen molar-refractivity contribution in [3.63, 3.8) is 0 Å². The van der Waals surface area contributed by atoms with Gasteiger partial charge in [-0.05, 0) is 142 Å². The Morgan fingerprint density at radius 2 is 1.25 bits per heavy atom.